The molecule has 2 aliphatic heterocycles. The monoisotopic (exact) mass is 576 g/mol. The van der Waals surface area contributed by atoms with Crippen LogP contribution < -0.4 is 24.7 Å². The second-order valence-corrected chi connectivity index (χ2v) is 9.92. The average molecular weight is 577 g/mol. The number of nitrogens with two attached hydrogens (primary N) is 1. The van der Waals surface area contributed by atoms with Crippen molar-refractivity contribution in [2.75, 3.05) is 41.7 Å². The standard InChI is InChI=1S/C15H21NO4.C9H13NO2.C6H10O3/c1-15(2)19-10-13(20-15)9-16-8-11-5-6-12(17-3)7-14(11)18-4;1-11-8-4-3-7(6-10)9(5-8)12-2;1-6(2)8-4-5(3-7)9-6/h5-7,9,13H,8,10H2,1-4H3;3-5H,6,10H2,1-2H3;3,5H,4H2,1-2H3/t13-;;5-/m1.1/s1. The first-order valence-corrected chi connectivity index (χ1v) is 13.2. The maximum atomic E-state index is 10.1. The number of rotatable bonds is 9. The number of nitrogens with zero attached hydrogens (tertiary/aromatic N) is 1. The van der Waals surface area contributed by atoms with Crippen LogP contribution in [0, 0.1) is 0 Å². The minimum Gasteiger partial charge on any atom is -0.497 e. The lowest BCUT2D eigenvalue weighted by molar-refractivity contribution is -0.145. The molecule has 11 nitrogen and oxygen atoms in total. The lowest BCUT2D eigenvalue weighted by Gasteiger charge is -2.15. The van der Waals surface area contributed by atoms with Crippen LogP contribution in [-0.4, -0.2) is 77.9 Å². The van der Waals surface area contributed by atoms with Gasteiger partial charge in [0, 0.05) is 36.0 Å². The number of carbonyl (C=O) groups excluding carboxylic acids is 1. The molecular formula is C30H44N2O9. The Kier molecular flexibility index (Phi) is 13.5. The SMILES string of the molecule is CC1(C)OC[C@@H](C=O)O1.COc1ccc(CN)c(OC)c1.COc1ccc(CN=C[C@@H]2COC(C)(C)O2)c(OC)c1. The van der Waals surface area contributed by atoms with E-state index >= 15 is 0 Å². The molecule has 4 rings (SSSR count). The van der Waals surface area contributed by atoms with Gasteiger partial charge in [-0.15, -0.1) is 0 Å². The normalized spacial score (nSPS) is 20.3. The van der Waals surface area contributed by atoms with E-state index in [1.807, 2.05) is 50.2 Å². The number of hydrogen-bond donors (Lipinski definition) is 1. The van der Waals surface area contributed by atoms with Gasteiger partial charge in [-0.25, -0.2) is 0 Å². The summed E-state index contributed by atoms with van der Waals surface area (Å²) >= 11 is 0. The van der Waals surface area contributed by atoms with E-state index in [4.69, 9.17) is 43.6 Å². The number of benzene rings is 2. The maximum absolute atomic E-state index is 10.1. The average Bonchev–Trinajstić information content (AvgIpc) is 3.52. The fourth-order valence-corrected chi connectivity index (χ4v) is 3.84. The third-order valence-corrected chi connectivity index (χ3v) is 5.95. The van der Waals surface area contributed by atoms with Gasteiger partial charge in [-0.3, -0.25) is 4.99 Å². The fraction of sp³-hybridized carbons (Fsp3) is 0.533. The molecule has 2 fully saturated rings. The van der Waals surface area contributed by atoms with E-state index in [0.717, 1.165) is 40.4 Å². The van der Waals surface area contributed by atoms with E-state index in [-0.39, 0.29) is 12.2 Å². The molecule has 2 aliphatic rings. The largest absolute Gasteiger partial charge is 0.497 e. The summed E-state index contributed by atoms with van der Waals surface area (Å²) in [7, 11) is 6.51. The Bertz CT molecular complexity index is 1120. The highest BCUT2D eigenvalue weighted by Gasteiger charge is 2.32. The lowest BCUT2D eigenvalue weighted by atomic mass is 10.2. The van der Waals surface area contributed by atoms with Crippen LogP contribution in [-0.2, 0) is 36.8 Å². The molecule has 0 saturated carbocycles. The van der Waals surface area contributed by atoms with Crippen molar-refractivity contribution in [3.63, 3.8) is 0 Å². The first-order chi connectivity index (χ1) is 19.5. The van der Waals surface area contributed by atoms with Crippen LogP contribution in [0.3, 0.4) is 0 Å². The van der Waals surface area contributed by atoms with Crippen molar-refractivity contribution in [1.29, 1.82) is 0 Å². The van der Waals surface area contributed by atoms with Crippen LogP contribution in [0.1, 0.15) is 38.8 Å². The molecular weight excluding hydrogens is 532 g/mol. The molecule has 0 radical (unpaired) electrons. The molecule has 11 heteroatoms. The van der Waals surface area contributed by atoms with Crippen LogP contribution in [0.15, 0.2) is 41.4 Å². The van der Waals surface area contributed by atoms with Gasteiger partial charge < -0.3 is 48.4 Å². The quantitative estimate of drug-likeness (QED) is 0.346. The smallest absolute Gasteiger partial charge is 0.163 e. The topological polar surface area (TPSA) is 129 Å². The Labute approximate surface area is 242 Å². The van der Waals surface area contributed by atoms with E-state index < -0.39 is 11.6 Å². The van der Waals surface area contributed by atoms with E-state index in [9.17, 15) is 4.79 Å². The number of carbonyl (C=O) groups is 1. The predicted octanol–water partition coefficient (Wildman–Crippen LogP) is 3.93. The van der Waals surface area contributed by atoms with Gasteiger partial charge in [0.05, 0.1) is 48.2 Å². The van der Waals surface area contributed by atoms with E-state index in [0.29, 0.717) is 26.3 Å². The van der Waals surface area contributed by atoms with Gasteiger partial charge in [0.2, 0.25) is 0 Å². The summed E-state index contributed by atoms with van der Waals surface area (Å²) < 4.78 is 42.0. The highest BCUT2D eigenvalue weighted by atomic mass is 16.7. The third kappa shape index (κ3) is 11.3. The predicted molar refractivity (Wildman–Crippen MR) is 155 cm³/mol. The second-order valence-electron chi connectivity index (χ2n) is 9.92. The minimum atomic E-state index is -0.564. The molecule has 0 aliphatic carbocycles. The summed E-state index contributed by atoms with van der Waals surface area (Å²) in [6.45, 7) is 9.31. The van der Waals surface area contributed by atoms with E-state index in [2.05, 4.69) is 4.99 Å². The van der Waals surface area contributed by atoms with Gasteiger partial charge in [0.25, 0.3) is 0 Å². The summed E-state index contributed by atoms with van der Waals surface area (Å²) in [5, 5.41) is 0. The van der Waals surface area contributed by atoms with E-state index in [1.165, 1.54) is 0 Å². The Morgan fingerprint density at radius 3 is 1.68 bits per heavy atom. The number of methoxy groups -OCH3 is 4. The zero-order valence-corrected chi connectivity index (χ0v) is 25.3. The molecule has 0 spiro atoms. The molecule has 2 saturated heterocycles. The van der Waals surface area contributed by atoms with Crippen LogP contribution in [0.5, 0.6) is 23.0 Å². The summed E-state index contributed by atoms with van der Waals surface area (Å²) in [6.07, 6.45) is 2.10. The molecule has 0 bridgehead atoms. The van der Waals surface area contributed by atoms with Crippen molar-refractivity contribution in [1.82, 2.24) is 0 Å². The Morgan fingerprint density at radius 1 is 0.805 bits per heavy atom. The summed E-state index contributed by atoms with van der Waals surface area (Å²) in [6, 6.07) is 11.3. The number of aliphatic imine (C=N–C) groups is 1. The lowest BCUT2D eigenvalue weighted by Crippen LogP contribution is -2.21. The fourth-order valence-electron chi connectivity index (χ4n) is 3.84. The number of hydrogen-bond acceptors (Lipinski definition) is 11. The van der Waals surface area contributed by atoms with Crippen molar-refractivity contribution in [3.8, 4) is 23.0 Å². The van der Waals surface area contributed by atoms with Gasteiger partial charge >= 0.3 is 0 Å². The number of ether oxygens (including phenoxy) is 8. The van der Waals surface area contributed by atoms with Crippen LogP contribution in [0.25, 0.3) is 0 Å². The highest BCUT2D eigenvalue weighted by molar-refractivity contribution is 5.64. The zero-order chi connectivity index (χ0) is 30.5. The first kappa shape index (κ1) is 34.0. The summed E-state index contributed by atoms with van der Waals surface area (Å²) in [5.41, 5.74) is 7.48. The zero-order valence-electron chi connectivity index (χ0n) is 25.3. The summed E-state index contributed by atoms with van der Waals surface area (Å²) in [5.74, 6) is 2.01. The van der Waals surface area contributed by atoms with Gasteiger partial charge in [-0.1, -0.05) is 6.07 Å². The van der Waals surface area contributed by atoms with Gasteiger partial charge in [0.15, 0.2) is 17.9 Å². The van der Waals surface area contributed by atoms with Gasteiger partial charge in [-0.2, -0.15) is 0 Å². The van der Waals surface area contributed by atoms with Crippen molar-refractivity contribution >= 4 is 12.5 Å². The van der Waals surface area contributed by atoms with Gasteiger partial charge in [0.1, 0.15) is 35.2 Å². The van der Waals surface area contributed by atoms with Crippen LogP contribution >= 0.6 is 0 Å². The van der Waals surface area contributed by atoms with Crippen molar-refractivity contribution in [2.24, 2.45) is 10.7 Å². The van der Waals surface area contributed by atoms with E-state index in [1.54, 1.807) is 48.5 Å². The van der Waals surface area contributed by atoms with Crippen LogP contribution in [0.2, 0.25) is 0 Å². The molecule has 2 N–H and O–H groups in total. The van der Waals surface area contributed by atoms with Crippen molar-refractivity contribution in [3.05, 3.63) is 47.5 Å². The molecule has 2 heterocycles. The first-order valence-electron chi connectivity index (χ1n) is 13.2. The van der Waals surface area contributed by atoms with Gasteiger partial charge in [-0.05, 0) is 45.9 Å². The molecule has 41 heavy (non-hydrogen) atoms. The Balaban J connectivity index is 0.000000237. The molecule has 0 unspecified atom stereocenters. The molecule has 2 atom stereocenters. The summed E-state index contributed by atoms with van der Waals surface area (Å²) in [4.78, 5) is 14.5. The maximum Gasteiger partial charge on any atom is 0.163 e. The molecule has 0 aromatic heterocycles. The minimum absolute atomic E-state index is 0.0887. The molecule has 228 valence electrons. The Morgan fingerprint density at radius 2 is 1.29 bits per heavy atom. The third-order valence-electron chi connectivity index (χ3n) is 5.95. The molecule has 2 aromatic carbocycles. The van der Waals surface area contributed by atoms with Crippen molar-refractivity contribution < 1.29 is 42.7 Å². The molecule has 0 amide bonds. The van der Waals surface area contributed by atoms with Crippen LogP contribution in [0.4, 0.5) is 0 Å². The molecule has 2 aromatic rings. The Hall–Kier alpha value is -3.22. The second kappa shape index (κ2) is 16.3. The number of aldehydes is 1. The van der Waals surface area contributed by atoms with Crippen molar-refractivity contribution in [2.45, 2.75) is 64.6 Å². The highest BCUT2D eigenvalue weighted by Crippen LogP contribution is 2.26.